The van der Waals surface area contributed by atoms with Crippen molar-refractivity contribution in [3.8, 4) is 0 Å². The lowest BCUT2D eigenvalue weighted by atomic mass is 10.0. The number of rotatable bonds is 47. The number of benzene rings is 2. The number of fused-ring (bicyclic) bond motifs is 2. The van der Waals surface area contributed by atoms with E-state index >= 15 is 4.79 Å². The van der Waals surface area contributed by atoms with Crippen LogP contribution in [0.2, 0.25) is 0 Å². The number of unbranched alkanes of at least 4 members (excludes halogenated alkanes) is 12. The van der Waals surface area contributed by atoms with E-state index in [1.807, 2.05) is 6.07 Å². The van der Waals surface area contributed by atoms with E-state index in [4.69, 9.17) is 27.7 Å². The van der Waals surface area contributed by atoms with Gasteiger partial charge in [0.15, 0.2) is 5.96 Å². The Bertz CT molecular complexity index is 4190. The maximum absolute atomic E-state index is 15.3. The molecule has 0 spiro atoms. The molecule has 682 valence electrons. The summed E-state index contributed by atoms with van der Waals surface area (Å²) in [6, 6.07) is -2.03. The number of nitrogens with two attached hydrogens (primary N) is 3. The fourth-order valence-corrected chi connectivity index (χ4v) is 14.4. The number of carbonyl (C=O) groups is 16. The predicted octanol–water partition coefficient (Wildman–Crippen LogP) is -2.34. The molecule has 12 atom stereocenters. The number of nitrogens with one attached hydrogen (secondary N) is 16. The molecule has 6 rings (SSSR count). The summed E-state index contributed by atoms with van der Waals surface area (Å²) in [7, 11) is 0. The lowest BCUT2D eigenvalue weighted by Gasteiger charge is -2.31. The number of aliphatic carboxylic acids is 1. The van der Waals surface area contributed by atoms with Crippen molar-refractivity contribution in [2.45, 2.75) is 272 Å². The van der Waals surface area contributed by atoms with Crippen molar-refractivity contribution >= 4 is 111 Å². The van der Waals surface area contributed by atoms with Crippen molar-refractivity contribution < 1.29 is 97.1 Å². The molecule has 4 heterocycles. The highest BCUT2D eigenvalue weighted by Gasteiger charge is 2.44. The summed E-state index contributed by atoms with van der Waals surface area (Å²) >= 11 is 0. The molecule has 0 radical (unpaired) electrons. The number of guanidine groups is 1. The largest absolute Gasteiger partial charge is 0.481 e. The molecule has 26 N–H and O–H groups in total. The van der Waals surface area contributed by atoms with E-state index in [0.717, 1.165) is 80.0 Å². The van der Waals surface area contributed by atoms with Crippen LogP contribution in [0.5, 0.6) is 0 Å². The van der Waals surface area contributed by atoms with Gasteiger partial charge in [-0.25, -0.2) is 4.98 Å². The number of aromatic amines is 2. The Morgan fingerprint density at radius 2 is 1.16 bits per heavy atom. The number of hydrogen-bond donors (Lipinski definition) is 23. The quantitative estimate of drug-likeness (QED) is 0.0125. The second-order valence-corrected chi connectivity index (χ2v) is 31.3. The monoisotopic (exact) mass is 1740 g/mol. The Morgan fingerprint density at radius 3 is 1.79 bits per heavy atom. The average molecular weight is 1740 g/mol. The molecule has 41 heteroatoms. The highest BCUT2D eigenvalue weighted by Crippen LogP contribution is 2.24. The van der Waals surface area contributed by atoms with Gasteiger partial charge in [-0.1, -0.05) is 133 Å². The molecule has 2 aliphatic rings. The second-order valence-electron chi connectivity index (χ2n) is 31.3. The van der Waals surface area contributed by atoms with Gasteiger partial charge in [0.1, 0.15) is 66.5 Å². The van der Waals surface area contributed by atoms with Crippen LogP contribution >= 0.6 is 0 Å². The van der Waals surface area contributed by atoms with Gasteiger partial charge in [-0.15, -0.1) is 0 Å². The van der Waals surface area contributed by atoms with Gasteiger partial charge >= 0.3 is 5.97 Å². The zero-order valence-corrected chi connectivity index (χ0v) is 70.3. The molecule has 4 aromatic rings. The number of primary amides is 2. The summed E-state index contributed by atoms with van der Waals surface area (Å²) in [5.41, 5.74) is 18.9. The standard InChI is InChI=1S/C83H125N21O20/c1-2-3-27-57(97-80(122)65(48-106)103-78(120)63(41-52-44-88-49-93-52)101-75(117)59(33-35-67(84)108)98-79(121)64(47-105)94-70(111)45-92-68(109)31-17-12-10-8-6-4-5-7-9-11-13-18-32-71(112)113)73(115)99-60-34-36-69(110)89-37-22-21-29-56(72(85)114)95-77(119)62(40-51-43-91-55-28-20-19-26-54(51)55)100-74(116)58(30-23-38-90-83(86)87)96-76(118)61(39-50-24-15-14-16-25-50)102-81(123)66-42-53(107)46-104(66)82(60)124/h14-16,19-20,24-26,28,43-44,49,53,56-66,91,105-107H,2-13,17-18,21-23,27,29-42,45-48H2,1H3,(H2,84,108)(H2,85,114)(H,88,93)(H,89,110)(H,92,109)(H,94,111)(H,95,119)(H,96,118)(H,97,122)(H,98,121)(H,99,115)(H,100,116)(H,101,117)(H,102,123)(H,103,120)(H,112,113)(H4,86,87,90)/t53-,56+,57+,58+,59+,60+,61-,62+,63+,64+,65+,66+/m1/s1. The molecule has 41 nitrogen and oxygen atoms in total. The van der Waals surface area contributed by atoms with E-state index < -0.39 is 232 Å². The third-order valence-electron chi connectivity index (χ3n) is 21.3. The van der Waals surface area contributed by atoms with Crippen LogP contribution in [0.15, 0.2) is 73.3 Å². The summed E-state index contributed by atoms with van der Waals surface area (Å²) in [5.74, 6) is -15.2. The fourth-order valence-electron chi connectivity index (χ4n) is 14.4. The Hall–Kier alpha value is -12.1. The highest BCUT2D eigenvalue weighted by atomic mass is 16.4. The minimum absolute atomic E-state index is 0.0196. The van der Waals surface area contributed by atoms with Gasteiger partial charge in [0.05, 0.1) is 37.9 Å². The van der Waals surface area contributed by atoms with Crippen LogP contribution in [0.3, 0.4) is 0 Å². The molecule has 124 heavy (non-hydrogen) atoms. The van der Waals surface area contributed by atoms with E-state index in [1.165, 1.54) is 12.5 Å². The minimum atomic E-state index is -1.91. The number of hydrogen-bond acceptors (Lipinski definition) is 21. The van der Waals surface area contributed by atoms with Crippen LogP contribution in [0.4, 0.5) is 0 Å². The maximum atomic E-state index is 15.3. The van der Waals surface area contributed by atoms with Gasteiger partial charge in [-0.3, -0.25) is 82.1 Å². The summed E-state index contributed by atoms with van der Waals surface area (Å²) in [6.07, 6.45) is 12.1. The number of amides is 15. The van der Waals surface area contributed by atoms with Gasteiger partial charge in [-0.05, 0) is 81.4 Å². The minimum Gasteiger partial charge on any atom is -0.481 e. The van der Waals surface area contributed by atoms with E-state index in [2.05, 4.69) is 84.1 Å². The fraction of sp³-hybridized carbons (Fsp3) is 0.590. The Balaban J connectivity index is 1.17. The van der Waals surface area contributed by atoms with Crippen molar-refractivity contribution in [1.29, 1.82) is 5.41 Å². The van der Waals surface area contributed by atoms with Crippen LogP contribution in [0, 0.1) is 5.41 Å². The number of aliphatic hydroxyl groups is 3. The number of aliphatic hydroxyl groups excluding tert-OH is 3. The first-order valence-corrected chi connectivity index (χ1v) is 42.7. The van der Waals surface area contributed by atoms with E-state index in [-0.39, 0.29) is 95.4 Å². The van der Waals surface area contributed by atoms with Crippen molar-refractivity contribution in [1.82, 2.24) is 89.0 Å². The second kappa shape index (κ2) is 54.4. The van der Waals surface area contributed by atoms with Crippen LogP contribution in [-0.4, -0.2) is 253 Å². The zero-order chi connectivity index (χ0) is 90.5. The predicted molar refractivity (Wildman–Crippen MR) is 452 cm³/mol. The van der Waals surface area contributed by atoms with Gasteiger partial charge < -0.3 is 122 Å². The Labute approximate surface area is 718 Å². The summed E-state index contributed by atoms with van der Waals surface area (Å²) in [4.78, 5) is 233. The smallest absolute Gasteiger partial charge is 0.303 e. The van der Waals surface area contributed by atoms with E-state index in [1.54, 1.807) is 61.7 Å². The average Bonchev–Trinajstić information content (AvgIpc) is 1.66. The molecule has 0 saturated carbocycles. The molecule has 0 aliphatic carbocycles. The normalized spacial score (nSPS) is 19.5. The highest BCUT2D eigenvalue weighted by molar-refractivity contribution is 6.00. The Kier molecular flexibility index (Phi) is 44.1. The molecule has 0 bridgehead atoms. The number of carbonyl (C=O) groups excluding carboxylic acids is 15. The number of carboxylic acid groups (broad SMARTS) is 1. The summed E-state index contributed by atoms with van der Waals surface area (Å²) in [6.45, 7) is -1.45. The van der Waals surface area contributed by atoms with Crippen LogP contribution in [-0.2, 0) is 96.0 Å². The molecule has 0 unspecified atom stereocenters. The number of nitrogens with zero attached hydrogens (tertiary/aromatic N) is 2. The molecular weight excluding hydrogens is 1610 g/mol. The summed E-state index contributed by atoms with van der Waals surface area (Å²) in [5, 5.41) is 83.0. The molecular formula is C83H125N21O20. The van der Waals surface area contributed by atoms with Crippen molar-refractivity contribution in [3.05, 3.63) is 90.1 Å². The van der Waals surface area contributed by atoms with Crippen molar-refractivity contribution in [3.63, 3.8) is 0 Å². The van der Waals surface area contributed by atoms with Gasteiger partial charge in [-0.2, -0.15) is 0 Å². The number of carboxylic acids is 1. The summed E-state index contributed by atoms with van der Waals surface area (Å²) < 4.78 is 0. The molecule has 15 amide bonds. The molecule has 2 aromatic carbocycles. The number of aromatic nitrogens is 3. The molecule has 2 aromatic heterocycles. The molecule has 2 saturated heterocycles. The third-order valence-corrected chi connectivity index (χ3v) is 21.3. The van der Waals surface area contributed by atoms with Crippen molar-refractivity contribution in [2.75, 3.05) is 39.4 Å². The number of para-hydroxylation sites is 1. The lowest BCUT2D eigenvalue weighted by molar-refractivity contribution is -0.143. The number of H-pyrrole nitrogens is 2. The lowest BCUT2D eigenvalue weighted by Crippen LogP contribution is -2.61. The third kappa shape index (κ3) is 36.1. The number of imidazole rings is 1. The molecule has 2 fully saturated rings. The van der Waals surface area contributed by atoms with E-state index in [9.17, 15) is 87.2 Å². The first kappa shape index (κ1) is 101. The molecule has 2 aliphatic heterocycles. The van der Waals surface area contributed by atoms with Gasteiger partial charge in [0, 0.05) is 94.3 Å². The van der Waals surface area contributed by atoms with Crippen LogP contribution < -0.4 is 86.3 Å². The van der Waals surface area contributed by atoms with E-state index in [0.29, 0.717) is 30.4 Å². The van der Waals surface area contributed by atoms with Crippen LogP contribution in [0.25, 0.3) is 10.9 Å². The first-order valence-electron chi connectivity index (χ1n) is 42.7. The van der Waals surface area contributed by atoms with Gasteiger partial charge in [0.25, 0.3) is 0 Å². The maximum Gasteiger partial charge on any atom is 0.303 e. The van der Waals surface area contributed by atoms with Crippen LogP contribution in [0.1, 0.15) is 197 Å². The van der Waals surface area contributed by atoms with Gasteiger partial charge in [0.2, 0.25) is 88.6 Å². The zero-order valence-electron chi connectivity index (χ0n) is 70.3. The first-order chi connectivity index (χ1) is 59.5. The Morgan fingerprint density at radius 1 is 0.589 bits per heavy atom. The SMILES string of the molecule is CCCC[C@H](NC(=O)[C@H](CO)NC(=O)[C@H](Cc1c[nH]cn1)NC(=O)[C@H](CCC(N)=O)NC(=O)[C@H](CO)NC(=O)CNC(=O)CCCCCCCCCCCCCCC(=O)O)C(=O)N[C@H]1CCC(=O)NCCCC[C@@H](C(N)=O)NC(=O)[C@H](Cc2c[nH]c3ccccc23)NC(=O)[C@H](CCCNC(=N)N)NC(=O)[C@@H](Cc2ccccc2)NC(=O)[C@@H]2C[C@@H](O)CN2C1=O. The topological polar surface area (TPSA) is 660 Å². The van der Waals surface area contributed by atoms with Crippen molar-refractivity contribution in [2.24, 2.45) is 17.2 Å².